The molecule has 0 aliphatic heterocycles. The standard InChI is InChI=1S/C16H22FNO2/c1-3-20-16(19)15(18-13-6-4-5-7-13)12-8-9-14(17)11(2)10-12/h8-10,13,15,18H,3-7H2,1-2H3. The van der Waals surface area contributed by atoms with Crippen LogP contribution >= 0.6 is 0 Å². The van der Waals surface area contributed by atoms with Crippen molar-refractivity contribution >= 4 is 5.97 Å². The van der Waals surface area contributed by atoms with Crippen LogP contribution < -0.4 is 5.32 Å². The molecule has 0 radical (unpaired) electrons. The lowest BCUT2D eigenvalue weighted by molar-refractivity contribution is -0.146. The molecule has 1 aromatic rings. The molecule has 1 aliphatic carbocycles. The highest BCUT2D eigenvalue weighted by molar-refractivity contribution is 5.77. The van der Waals surface area contributed by atoms with Gasteiger partial charge in [-0.05, 0) is 43.9 Å². The predicted octanol–water partition coefficient (Wildman–Crippen LogP) is 3.27. The third-order valence-corrected chi connectivity index (χ3v) is 3.80. The molecule has 110 valence electrons. The first kappa shape index (κ1) is 15.0. The Bertz CT molecular complexity index is 470. The van der Waals surface area contributed by atoms with Gasteiger partial charge in [-0.2, -0.15) is 0 Å². The van der Waals surface area contributed by atoms with Crippen LogP contribution in [0.15, 0.2) is 18.2 Å². The minimum atomic E-state index is -0.502. The number of rotatable bonds is 5. The first-order chi connectivity index (χ1) is 9.61. The molecule has 1 atom stereocenters. The lowest BCUT2D eigenvalue weighted by atomic mass is 10.0. The van der Waals surface area contributed by atoms with Gasteiger partial charge in [0.2, 0.25) is 0 Å². The van der Waals surface area contributed by atoms with Gasteiger partial charge in [0.25, 0.3) is 0 Å². The van der Waals surface area contributed by atoms with E-state index in [0.717, 1.165) is 18.4 Å². The number of halogens is 1. The predicted molar refractivity (Wildman–Crippen MR) is 75.9 cm³/mol. The Kier molecular flexibility index (Phi) is 5.12. The van der Waals surface area contributed by atoms with Crippen molar-refractivity contribution in [2.45, 2.75) is 51.6 Å². The third kappa shape index (κ3) is 3.57. The van der Waals surface area contributed by atoms with E-state index in [1.54, 1.807) is 26.0 Å². The van der Waals surface area contributed by atoms with Gasteiger partial charge in [-0.15, -0.1) is 0 Å². The minimum Gasteiger partial charge on any atom is -0.465 e. The number of carbonyl (C=O) groups is 1. The Morgan fingerprint density at radius 2 is 2.15 bits per heavy atom. The summed E-state index contributed by atoms with van der Waals surface area (Å²) < 4.78 is 18.5. The molecule has 1 N–H and O–H groups in total. The maximum Gasteiger partial charge on any atom is 0.327 e. The van der Waals surface area contributed by atoms with Crippen LogP contribution in [0.5, 0.6) is 0 Å². The highest BCUT2D eigenvalue weighted by Crippen LogP contribution is 2.24. The number of benzene rings is 1. The second kappa shape index (κ2) is 6.84. The smallest absolute Gasteiger partial charge is 0.327 e. The lowest BCUT2D eigenvalue weighted by Gasteiger charge is -2.22. The number of esters is 1. The van der Waals surface area contributed by atoms with Crippen molar-refractivity contribution in [3.8, 4) is 0 Å². The largest absolute Gasteiger partial charge is 0.465 e. The van der Waals surface area contributed by atoms with Crippen molar-refractivity contribution in [3.63, 3.8) is 0 Å². The fourth-order valence-electron chi connectivity index (χ4n) is 2.70. The molecule has 0 bridgehead atoms. The molecular weight excluding hydrogens is 257 g/mol. The van der Waals surface area contributed by atoms with Crippen LogP contribution in [-0.4, -0.2) is 18.6 Å². The summed E-state index contributed by atoms with van der Waals surface area (Å²) in [5, 5.41) is 3.37. The molecule has 0 heterocycles. The van der Waals surface area contributed by atoms with Gasteiger partial charge < -0.3 is 4.74 Å². The maximum absolute atomic E-state index is 13.4. The quantitative estimate of drug-likeness (QED) is 0.841. The first-order valence-electron chi connectivity index (χ1n) is 7.30. The molecule has 0 amide bonds. The van der Waals surface area contributed by atoms with Crippen LogP contribution in [0.1, 0.15) is 49.8 Å². The molecule has 1 unspecified atom stereocenters. The fourth-order valence-corrected chi connectivity index (χ4v) is 2.70. The van der Waals surface area contributed by atoms with Crippen molar-refractivity contribution in [2.75, 3.05) is 6.61 Å². The number of hydrogen-bond donors (Lipinski definition) is 1. The van der Waals surface area contributed by atoms with Crippen molar-refractivity contribution < 1.29 is 13.9 Å². The molecule has 1 fully saturated rings. The third-order valence-electron chi connectivity index (χ3n) is 3.80. The summed E-state index contributed by atoms with van der Waals surface area (Å²) in [5.41, 5.74) is 1.32. The number of ether oxygens (including phenoxy) is 1. The van der Waals surface area contributed by atoms with Crippen molar-refractivity contribution in [2.24, 2.45) is 0 Å². The molecule has 0 spiro atoms. The van der Waals surface area contributed by atoms with Gasteiger partial charge in [-0.25, -0.2) is 9.18 Å². The molecule has 1 aliphatic rings. The highest BCUT2D eigenvalue weighted by Gasteiger charge is 2.27. The number of carbonyl (C=O) groups excluding carboxylic acids is 1. The fraction of sp³-hybridized carbons (Fsp3) is 0.562. The topological polar surface area (TPSA) is 38.3 Å². The first-order valence-corrected chi connectivity index (χ1v) is 7.30. The zero-order valence-corrected chi connectivity index (χ0v) is 12.1. The van der Waals surface area contributed by atoms with Crippen LogP contribution in [-0.2, 0) is 9.53 Å². The zero-order chi connectivity index (χ0) is 14.5. The summed E-state index contributed by atoms with van der Waals surface area (Å²) in [5.74, 6) is -0.539. The van der Waals surface area contributed by atoms with Gasteiger partial charge in [0, 0.05) is 6.04 Å². The van der Waals surface area contributed by atoms with Gasteiger partial charge in [-0.3, -0.25) is 5.32 Å². The molecule has 2 rings (SSSR count). The molecule has 4 heteroatoms. The van der Waals surface area contributed by atoms with Crippen LogP contribution in [0.3, 0.4) is 0 Å². The van der Waals surface area contributed by atoms with Crippen molar-refractivity contribution in [3.05, 3.63) is 35.1 Å². The molecule has 20 heavy (non-hydrogen) atoms. The van der Waals surface area contributed by atoms with E-state index in [4.69, 9.17) is 4.74 Å². The summed E-state index contributed by atoms with van der Waals surface area (Å²) in [4.78, 5) is 12.1. The molecule has 1 saturated carbocycles. The number of aryl methyl sites for hydroxylation is 1. The van der Waals surface area contributed by atoms with Crippen LogP contribution in [0.4, 0.5) is 4.39 Å². The second-order valence-corrected chi connectivity index (χ2v) is 5.34. The normalized spacial score (nSPS) is 17.1. The van der Waals surface area contributed by atoms with Gasteiger partial charge in [0.05, 0.1) is 6.61 Å². The monoisotopic (exact) mass is 279 g/mol. The zero-order valence-electron chi connectivity index (χ0n) is 12.1. The van der Waals surface area contributed by atoms with E-state index in [2.05, 4.69) is 5.32 Å². The molecular formula is C16H22FNO2. The van der Waals surface area contributed by atoms with E-state index < -0.39 is 6.04 Å². The Morgan fingerprint density at radius 1 is 1.45 bits per heavy atom. The summed E-state index contributed by atoms with van der Waals surface area (Å²) >= 11 is 0. The van der Waals surface area contributed by atoms with Gasteiger partial charge in [0.15, 0.2) is 0 Å². The number of hydrogen-bond acceptors (Lipinski definition) is 3. The van der Waals surface area contributed by atoms with Crippen molar-refractivity contribution in [1.82, 2.24) is 5.32 Å². The van der Waals surface area contributed by atoms with Crippen molar-refractivity contribution in [1.29, 1.82) is 0 Å². The summed E-state index contributed by atoms with van der Waals surface area (Å²) in [6.07, 6.45) is 4.54. The molecule has 1 aromatic carbocycles. The lowest BCUT2D eigenvalue weighted by Crippen LogP contribution is -2.36. The summed E-state index contributed by atoms with van der Waals surface area (Å²) in [7, 11) is 0. The molecule has 0 saturated heterocycles. The Hall–Kier alpha value is -1.42. The molecule has 0 aromatic heterocycles. The Morgan fingerprint density at radius 3 is 2.75 bits per heavy atom. The van der Waals surface area contributed by atoms with Crippen LogP contribution in [0.2, 0.25) is 0 Å². The highest BCUT2D eigenvalue weighted by atomic mass is 19.1. The minimum absolute atomic E-state index is 0.253. The maximum atomic E-state index is 13.4. The van der Waals surface area contributed by atoms with E-state index in [-0.39, 0.29) is 11.8 Å². The van der Waals surface area contributed by atoms with Gasteiger partial charge in [0.1, 0.15) is 11.9 Å². The van der Waals surface area contributed by atoms with Crippen LogP contribution in [0.25, 0.3) is 0 Å². The average molecular weight is 279 g/mol. The Labute approximate surface area is 119 Å². The average Bonchev–Trinajstić information content (AvgIpc) is 2.92. The van der Waals surface area contributed by atoms with E-state index in [9.17, 15) is 9.18 Å². The van der Waals surface area contributed by atoms with Crippen LogP contribution in [0, 0.1) is 12.7 Å². The van der Waals surface area contributed by atoms with E-state index in [0.29, 0.717) is 18.2 Å². The van der Waals surface area contributed by atoms with E-state index in [1.807, 2.05) is 0 Å². The van der Waals surface area contributed by atoms with E-state index in [1.165, 1.54) is 18.9 Å². The van der Waals surface area contributed by atoms with Gasteiger partial charge in [-0.1, -0.05) is 25.0 Å². The summed E-state index contributed by atoms with van der Waals surface area (Å²) in [6.45, 7) is 3.85. The Balaban J connectivity index is 2.19. The number of nitrogens with one attached hydrogen (secondary N) is 1. The molecule has 3 nitrogen and oxygen atoms in total. The van der Waals surface area contributed by atoms with E-state index >= 15 is 0 Å². The second-order valence-electron chi connectivity index (χ2n) is 5.34. The summed E-state index contributed by atoms with van der Waals surface area (Å²) in [6, 6.07) is 4.63. The SMILES string of the molecule is CCOC(=O)C(NC1CCCC1)c1ccc(F)c(C)c1. The van der Waals surface area contributed by atoms with Gasteiger partial charge >= 0.3 is 5.97 Å².